The van der Waals surface area contributed by atoms with E-state index in [4.69, 9.17) is 30.7 Å². The van der Waals surface area contributed by atoms with Crippen LogP contribution >= 0.6 is 0 Å². The number of aromatic amines is 3. The molecule has 15 heteroatoms. The number of nitrogens with zero attached hydrogens (tertiary/aromatic N) is 7. The van der Waals surface area contributed by atoms with E-state index in [1.807, 2.05) is 226 Å². The second-order valence-corrected chi connectivity index (χ2v) is 24.6. The maximum Gasteiger partial charge on any atom is 0.197 e. The number of fused-ring (bicyclic) bond motifs is 15. The lowest BCUT2D eigenvalue weighted by Crippen LogP contribution is -2.09. The minimum absolute atomic E-state index is 0.00571. The molecule has 99 heavy (non-hydrogen) atoms. The van der Waals surface area contributed by atoms with Crippen LogP contribution in [0.3, 0.4) is 0 Å². The number of azo groups is 3. The van der Waals surface area contributed by atoms with Gasteiger partial charge in [-0.3, -0.25) is 9.59 Å². The van der Waals surface area contributed by atoms with Crippen molar-refractivity contribution in [3.05, 3.63) is 288 Å². The molecule has 3 heterocycles. The molecule has 0 amide bonds. The van der Waals surface area contributed by atoms with Gasteiger partial charge in [0, 0.05) is 93.2 Å². The highest BCUT2D eigenvalue weighted by molar-refractivity contribution is 6.26. The highest BCUT2D eigenvalue weighted by atomic mass is 16.3. The highest BCUT2D eigenvalue weighted by Gasteiger charge is 2.27. The van der Waals surface area contributed by atoms with Gasteiger partial charge in [0.15, 0.2) is 23.1 Å². The second-order valence-electron chi connectivity index (χ2n) is 24.6. The number of aromatic hydroxyl groups is 3. The third-order valence-corrected chi connectivity index (χ3v) is 19.0. The largest absolute Gasteiger partial charge is 0.506 e. The molecular weight excluding hydrogens is 1230 g/mol. The number of para-hydroxylation sites is 3. The van der Waals surface area contributed by atoms with Gasteiger partial charge in [-0.05, 0) is 149 Å². The Morgan fingerprint density at radius 3 is 1.06 bits per heavy atom. The zero-order valence-corrected chi connectivity index (χ0v) is 53.5. The molecule has 15 nitrogen and oxygen atoms in total. The fraction of sp³-hybridized carbons (Fsp3) is 0.0476. The monoisotopic (exact) mass is 1290 g/mol. The van der Waals surface area contributed by atoms with Crippen LogP contribution in [0.1, 0.15) is 56.8 Å². The smallest absolute Gasteiger partial charge is 0.197 e. The van der Waals surface area contributed by atoms with Crippen LogP contribution in [-0.2, 0) is 12.8 Å². The molecule has 0 bridgehead atoms. The van der Waals surface area contributed by atoms with Crippen LogP contribution in [0.5, 0.6) is 17.2 Å². The van der Waals surface area contributed by atoms with Crippen LogP contribution in [0.2, 0.25) is 0 Å². The van der Waals surface area contributed by atoms with Gasteiger partial charge in [-0.2, -0.15) is 15.3 Å². The average Bonchev–Trinajstić information content (AvgIpc) is 1.69. The predicted octanol–water partition coefficient (Wildman–Crippen LogP) is 23.5. The van der Waals surface area contributed by atoms with E-state index in [-0.39, 0.29) is 51.3 Å². The number of carbonyl (C=O) groups is 2. The first-order valence-electron chi connectivity index (χ1n) is 32.7. The first-order valence-corrected chi connectivity index (χ1v) is 32.7. The summed E-state index contributed by atoms with van der Waals surface area (Å²) in [6.45, 7) is 4.00. The van der Waals surface area contributed by atoms with Crippen molar-refractivity contribution in [2.24, 2.45) is 30.7 Å². The number of H-pyrrole nitrogens is 3. The molecule has 474 valence electrons. The summed E-state index contributed by atoms with van der Waals surface area (Å²) in [5.74, 6) is -1.21. The van der Waals surface area contributed by atoms with Crippen LogP contribution in [0.15, 0.2) is 285 Å². The molecule has 6 N–H and O–H groups in total. The Kier molecular flexibility index (Phi) is 14.5. The number of hydrogen-bond acceptors (Lipinski definition) is 12. The number of anilines is 3. The van der Waals surface area contributed by atoms with Gasteiger partial charge in [0.05, 0.1) is 44.7 Å². The van der Waals surface area contributed by atoms with E-state index in [1.54, 1.807) is 30.3 Å². The first-order chi connectivity index (χ1) is 48.6. The number of hydrogen-bond donors (Lipinski definition) is 6. The minimum atomic E-state index is -0.319. The van der Waals surface area contributed by atoms with Crippen LogP contribution < -0.4 is 4.90 Å². The summed E-state index contributed by atoms with van der Waals surface area (Å²) in [5, 5.41) is 74.9. The van der Waals surface area contributed by atoms with E-state index in [2.05, 4.69) is 32.0 Å². The molecule has 0 aliphatic heterocycles. The molecule has 0 fully saturated rings. The number of ketones is 2. The highest BCUT2D eigenvalue weighted by Crippen LogP contribution is 2.49. The molecule has 0 radical (unpaired) electrons. The van der Waals surface area contributed by atoms with Gasteiger partial charge in [0.25, 0.3) is 0 Å². The number of rotatable bonds is 15. The van der Waals surface area contributed by atoms with Crippen molar-refractivity contribution in [3.63, 3.8) is 0 Å². The zero-order chi connectivity index (χ0) is 67.0. The Balaban J connectivity index is 0.757. The fourth-order valence-corrected chi connectivity index (χ4v) is 14.1. The Hall–Kier alpha value is -13.4. The summed E-state index contributed by atoms with van der Waals surface area (Å²) in [4.78, 5) is 41.8. The van der Waals surface area contributed by atoms with E-state index < -0.39 is 0 Å². The van der Waals surface area contributed by atoms with Crippen LogP contribution in [-0.4, -0.2) is 41.8 Å². The Morgan fingerprint density at radius 1 is 0.333 bits per heavy atom. The quantitative estimate of drug-likeness (QED) is 0.0433. The van der Waals surface area contributed by atoms with Crippen LogP contribution in [0, 0.1) is 0 Å². The summed E-state index contributed by atoms with van der Waals surface area (Å²) in [6, 6.07) is 80.6. The number of carbonyl (C=O) groups excluding carboxylic acids is 2. The number of aryl methyl sites for hydroxylation is 2. The number of phenols is 3. The summed E-state index contributed by atoms with van der Waals surface area (Å²) in [6.07, 6.45) is 1.26. The number of phenolic OH excluding ortho intramolecular Hbond substituents is 3. The van der Waals surface area contributed by atoms with Gasteiger partial charge in [0.2, 0.25) is 0 Å². The van der Waals surface area contributed by atoms with Crippen molar-refractivity contribution in [3.8, 4) is 17.2 Å². The fourth-order valence-electron chi connectivity index (χ4n) is 14.1. The number of aromatic nitrogens is 3. The molecule has 0 aliphatic rings. The van der Waals surface area contributed by atoms with Crippen molar-refractivity contribution in [1.82, 2.24) is 15.0 Å². The number of benzene rings is 14. The molecule has 17 rings (SSSR count). The molecule has 0 saturated carbocycles. The summed E-state index contributed by atoms with van der Waals surface area (Å²) >= 11 is 0. The van der Waals surface area contributed by atoms with Gasteiger partial charge >= 0.3 is 0 Å². The number of nitrogens with one attached hydrogen (secondary N) is 3. The van der Waals surface area contributed by atoms with E-state index in [0.29, 0.717) is 68.3 Å². The van der Waals surface area contributed by atoms with E-state index in [1.165, 1.54) is 0 Å². The molecule has 0 spiro atoms. The molecule has 14 aromatic carbocycles. The van der Waals surface area contributed by atoms with Gasteiger partial charge in [-0.15, -0.1) is 15.3 Å². The minimum Gasteiger partial charge on any atom is -0.506 e. The molecule has 0 unspecified atom stereocenters. The van der Waals surface area contributed by atoms with Crippen molar-refractivity contribution >= 4 is 160 Å². The molecule has 0 saturated heterocycles. The zero-order valence-electron chi connectivity index (χ0n) is 53.5. The van der Waals surface area contributed by atoms with Crippen molar-refractivity contribution in [1.29, 1.82) is 0 Å². The third-order valence-electron chi connectivity index (χ3n) is 19.0. The van der Waals surface area contributed by atoms with Crippen molar-refractivity contribution in [2.75, 3.05) is 4.90 Å². The topological polar surface area (TPSA) is 220 Å². The summed E-state index contributed by atoms with van der Waals surface area (Å²) in [5.41, 5.74) is 12.5. The SMILES string of the molecule is CCc1ccccc1C(=O)c1cc2ccc3c4ccccc4[nH]c3c2c(N=Nc2ccc(N(c3ccc(N=Nc4c(O)ccc5ccc6c7ccccc7[nH]c6c45)cc3)c3ccc(N=Nc4c(O)c(C(=O)c5ccccc5CC)cc5ccc6c7ccccc7[nH]c6c45)cc3)cc2)c1O. The lowest BCUT2D eigenvalue weighted by molar-refractivity contribution is 0.102. The van der Waals surface area contributed by atoms with Crippen molar-refractivity contribution in [2.45, 2.75) is 26.7 Å². The summed E-state index contributed by atoms with van der Waals surface area (Å²) < 4.78 is 0. The first kappa shape index (κ1) is 59.4. The molecule has 0 aliphatic carbocycles. The normalized spacial score (nSPS) is 12.1. The lowest BCUT2D eigenvalue weighted by atomic mass is 9.93. The van der Waals surface area contributed by atoms with Crippen LogP contribution in [0.25, 0.3) is 97.7 Å². The molecule has 0 atom stereocenters. The Labute approximate surface area is 565 Å². The summed E-state index contributed by atoms with van der Waals surface area (Å²) in [7, 11) is 0. The third kappa shape index (κ3) is 10.1. The maximum atomic E-state index is 14.5. The van der Waals surface area contributed by atoms with E-state index >= 15 is 0 Å². The van der Waals surface area contributed by atoms with E-state index in [0.717, 1.165) is 104 Å². The molecular formula is C84H58N10O5. The standard InChI is InChI=1S/C84H58N10O5/c1-3-47-15-5-7-17-58(47)81(96)66-45-50-26-42-64-61-20-10-13-23-69(61)86-76(64)73(50)79(83(66)98)92-89-53-31-37-56(38-32-53)94(55-35-29-52(30-36-55)88-91-78-71(95)44-28-49-25-41-63-60-19-9-12-22-68(60)85-75(63)72(49)78)57-39-33-54(34-40-57)90-93-80-74-51(27-43-65-62-21-11-14-24-70(62)87-77(65)74)46-67(84(80)99)82(97)59-18-8-6-16-48(59)4-2/h5-46,85-87,95,98-99H,3-4H2,1-2H3. The molecule has 3 aromatic heterocycles. The van der Waals surface area contributed by atoms with Gasteiger partial charge in [-0.25, -0.2) is 0 Å². The van der Waals surface area contributed by atoms with Gasteiger partial charge in [0.1, 0.15) is 22.8 Å². The van der Waals surface area contributed by atoms with Gasteiger partial charge in [-0.1, -0.05) is 159 Å². The van der Waals surface area contributed by atoms with Gasteiger partial charge < -0.3 is 35.2 Å². The molecule has 17 aromatic rings. The Bertz CT molecular complexity index is 6010. The Morgan fingerprint density at radius 2 is 0.667 bits per heavy atom. The van der Waals surface area contributed by atoms with E-state index in [9.17, 15) is 24.9 Å². The average molecular weight is 1290 g/mol. The predicted molar refractivity (Wildman–Crippen MR) is 397 cm³/mol. The van der Waals surface area contributed by atoms with Crippen LogP contribution in [0.4, 0.5) is 51.2 Å². The maximum absolute atomic E-state index is 14.5. The second kappa shape index (κ2) is 24.1. The lowest BCUT2D eigenvalue weighted by Gasteiger charge is -2.25. The van der Waals surface area contributed by atoms with Crippen molar-refractivity contribution < 1.29 is 24.9 Å².